The molecule has 18 heavy (non-hydrogen) atoms. The normalized spacial score (nSPS) is 15.2. The van der Waals surface area contributed by atoms with Crippen LogP contribution < -0.4 is 4.90 Å². The van der Waals surface area contributed by atoms with E-state index in [4.69, 9.17) is 0 Å². The van der Waals surface area contributed by atoms with E-state index in [9.17, 15) is 22.8 Å². The third kappa shape index (κ3) is 2.23. The van der Waals surface area contributed by atoms with E-state index in [1.54, 1.807) is 13.0 Å². The van der Waals surface area contributed by atoms with Crippen LogP contribution in [0.25, 0.3) is 0 Å². The van der Waals surface area contributed by atoms with E-state index >= 15 is 0 Å². The van der Waals surface area contributed by atoms with Gasteiger partial charge in [-0.15, -0.1) is 0 Å². The summed E-state index contributed by atoms with van der Waals surface area (Å²) in [5.41, 5.74) is 1.23. The molecule has 0 bridgehead atoms. The number of rotatable bonds is 2. The number of hydrogen-bond acceptors (Lipinski definition) is 2. The molecular weight excluding hydrogens is 247 g/mol. The lowest BCUT2D eigenvalue weighted by molar-refractivity contribution is -0.133. The summed E-state index contributed by atoms with van der Waals surface area (Å²) < 4.78 is 36.5. The highest BCUT2D eigenvalue weighted by atomic mass is 19.4. The van der Waals surface area contributed by atoms with Crippen LogP contribution >= 0.6 is 0 Å². The molecule has 0 aliphatic carbocycles. The zero-order valence-corrected chi connectivity index (χ0v) is 9.54. The minimum absolute atomic E-state index is 0.183. The number of ketones is 1. The standard InChI is InChI=1S/C12H10F3NO2/c1-7-2-3-9-8(6-7)10(17)11(18)16(9)5-4-12(13,14)15/h2-3,6H,4-5H2,1H3. The number of hydrogen-bond donors (Lipinski definition) is 0. The third-order valence-electron chi connectivity index (χ3n) is 2.75. The first-order valence-electron chi connectivity index (χ1n) is 5.33. The van der Waals surface area contributed by atoms with E-state index in [0.717, 1.165) is 10.5 Å². The number of amides is 1. The van der Waals surface area contributed by atoms with Gasteiger partial charge in [0.1, 0.15) is 0 Å². The van der Waals surface area contributed by atoms with Crippen LogP contribution in [0.4, 0.5) is 18.9 Å². The summed E-state index contributed by atoms with van der Waals surface area (Å²) in [7, 11) is 0. The van der Waals surface area contributed by atoms with Gasteiger partial charge in [0.25, 0.3) is 11.7 Å². The maximum Gasteiger partial charge on any atom is 0.390 e. The number of carbonyl (C=O) groups excluding carboxylic acids is 2. The number of anilines is 1. The van der Waals surface area contributed by atoms with E-state index in [1.165, 1.54) is 12.1 Å². The van der Waals surface area contributed by atoms with Crippen LogP contribution in [0, 0.1) is 6.92 Å². The Hall–Kier alpha value is -1.85. The molecular formula is C12H10F3NO2. The predicted octanol–water partition coefficient (Wildman–Crippen LogP) is 2.48. The highest BCUT2D eigenvalue weighted by molar-refractivity contribution is 6.52. The molecule has 0 radical (unpaired) electrons. The van der Waals surface area contributed by atoms with Crippen LogP contribution in [0.15, 0.2) is 18.2 Å². The fraction of sp³-hybridized carbons (Fsp3) is 0.333. The van der Waals surface area contributed by atoms with Crippen molar-refractivity contribution in [2.75, 3.05) is 11.4 Å². The van der Waals surface area contributed by atoms with Gasteiger partial charge in [0.15, 0.2) is 0 Å². The predicted molar refractivity (Wildman–Crippen MR) is 58.5 cm³/mol. The molecule has 3 nitrogen and oxygen atoms in total. The largest absolute Gasteiger partial charge is 0.390 e. The van der Waals surface area contributed by atoms with Gasteiger partial charge in [0.05, 0.1) is 17.7 Å². The number of benzene rings is 1. The van der Waals surface area contributed by atoms with Crippen molar-refractivity contribution < 1.29 is 22.8 Å². The molecule has 6 heteroatoms. The smallest absolute Gasteiger partial charge is 0.304 e. The quantitative estimate of drug-likeness (QED) is 0.763. The Morgan fingerprint density at radius 3 is 2.50 bits per heavy atom. The van der Waals surface area contributed by atoms with Crippen LogP contribution in [-0.4, -0.2) is 24.4 Å². The Morgan fingerprint density at radius 2 is 1.89 bits per heavy atom. The lowest BCUT2D eigenvalue weighted by Gasteiger charge is -2.17. The minimum atomic E-state index is -4.35. The summed E-state index contributed by atoms with van der Waals surface area (Å²) in [4.78, 5) is 24.1. The number of carbonyl (C=O) groups is 2. The SMILES string of the molecule is Cc1ccc2c(c1)C(=O)C(=O)N2CCC(F)(F)F. The molecule has 2 rings (SSSR count). The molecule has 1 aromatic rings. The molecule has 1 amide bonds. The van der Waals surface area contributed by atoms with E-state index in [1.807, 2.05) is 0 Å². The number of halogens is 3. The Balaban J connectivity index is 2.29. The maximum atomic E-state index is 12.2. The summed E-state index contributed by atoms with van der Waals surface area (Å²) in [6.07, 6.45) is -5.48. The van der Waals surface area contributed by atoms with Gasteiger partial charge in [-0.05, 0) is 19.1 Å². The van der Waals surface area contributed by atoms with Crippen molar-refractivity contribution in [3.05, 3.63) is 29.3 Å². The van der Waals surface area contributed by atoms with Crippen LogP contribution in [0.5, 0.6) is 0 Å². The van der Waals surface area contributed by atoms with Gasteiger partial charge in [-0.2, -0.15) is 13.2 Å². The minimum Gasteiger partial charge on any atom is -0.304 e. The van der Waals surface area contributed by atoms with Gasteiger partial charge in [-0.3, -0.25) is 9.59 Å². The van der Waals surface area contributed by atoms with Gasteiger partial charge in [-0.25, -0.2) is 0 Å². The van der Waals surface area contributed by atoms with E-state index in [2.05, 4.69) is 0 Å². The average Bonchev–Trinajstić information content (AvgIpc) is 2.49. The topological polar surface area (TPSA) is 37.4 Å². The van der Waals surface area contributed by atoms with E-state index < -0.39 is 30.8 Å². The molecule has 0 atom stereocenters. The van der Waals surface area contributed by atoms with Crippen molar-refractivity contribution >= 4 is 17.4 Å². The lowest BCUT2D eigenvalue weighted by Crippen LogP contribution is -2.33. The summed E-state index contributed by atoms with van der Waals surface area (Å²) in [6, 6.07) is 4.68. The Kier molecular flexibility index (Phi) is 2.88. The number of nitrogens with zero attached hydrogens (tertiary/aromatic N) is 1. The summed E-state index contributed by atoms with van der Waals surface area (Å²) in [5.74, 6) is -1.63. The molecule has 0 aromatic heterocycles. The molecule has 1 aromatic carbocycles. The van der Waals surface area contributed by atoms with Crippen molar-refractivity contribution in [1.82, 2.24) is 0 Å². The average molecular weight is 257 g/mol. The zero-order valence-electron chi connectivity index (χ0n) is 9.54. The number of fused-ring (bicyclic) bond motifs is 1. The number of alkyl halides is 3. The van der Waals surface area contributed by atoms with Gasteiger partial charge < -0.3 is 4.90 Å². The van der Waals surface area contributed by atoms with Gasteiger partial charge >= 0.3 is 6.18 Å². The Labute approximate surface area is 101 Å². The molecule has 0 saturated heterocycles. The van der Waals surface area contributed by atoms with Crippen molar-refractivity contribution in [2.45, 2.75) is 19.5 Å². The Bertz CT molecular complexity index is 523. The first kappa shape index (κ1) is 12.6. The molecule has 1 aliphatic heterocycles. The second-order valence-corrected chi connectivity index (χ2v) is 4.17. The van der Waals surface area contributed by atoms with Crippen LogP contribution in [0.3, 0.4) is 0 Å². The monoisotopic (exact) mass is 257 g/mol. The number of aryl methyl sites for hydroxylation is 1. The fourth-order valence-corrected chi connectivity index (χ4v) is 1.87. The highest BCUT2D eigenvalue weighted by Crippen LogP contribution is 2.31. The van der Waals surface area contributed by atoms with Gasteiger partial charge in [-0.1, -0.05) is 11.6 Å². The van der Waals surface area contributed by atoms with Gasteiger partial charge in [0, 0.05) is 6.54 Å². The van der Waals surface area contributed by atoms with Crippen molar-refractivity contribution in [3.63, 3.8) is 0 Å². The molecule has 0 spiro atoms. The zero-order chi connectivity index (χ0) is 13.5. The van der Waals surface area contributed by atoms with Crippen LogP contribution in [-0.2, 0) is 4.79 Å². The van der Waals surface area contributed by atoms with Crippen molar-refractivity contribution in [1.29, 1.82) is 0 Å². The van der Waals surface area contributed by atoms with Crippen molar-refractivity contribution in [3.8, 4) is 0 Å². The fourth-order valence-electron chi connectivity index (χ4n) is 1.87. The lowest BCUT2D eigenvalue weighted by atomic mass is 10.1. The van der Waals surface area contributed by atoms with Crippen LogP contribution in [0.1, 0.15) is 22.3 Å². The van der Waals surface area contributed by atoms with E-state index in [-0.39, 0.29) is 11.3 Å². The second-order valence-electron chi connectivity index (χ2n) is 4.17. The van der Waals surface area contributed by atoms with Gasteiger partial charge in [0.2, 0.25) is 0 Å². The number of Topliss-reactive ketones (excluding diaryl/α,β-unsaturated/α-hetero) is 1. The summed E-state index contributed by atoms with van der Waals surface area (Å²) in [6.45, 7) is 1.22. The summed E-state index contributed by atoms with van der Waals surface area (Å²) >= 11 is 0. The second kappa shape index (κ2) is 4.12. The van der Waals surface area contributed by atoms with E-state index in [0.29, 0.717) is 0 Å². The molecule has 0 saturated carbocycles. The first-order chi connectivity index (χ1) is 8.29. The highest BCUT2D eigenvalue weighted by Gasteiger charge is 2.38. The van der Waals surface area contributed by atoms with Crippen LogP contribution in [0.2, 0.25) is 0 Å². The first-order valence-corrected chi connectivity index (χ1v) is 5.33. The van der Waals surface area contributed by atoms with Crippen molar-refractivity contribution in [2.24, 2.45) is 0 Å². The summed E-state index contributed by atoms with van der Waals surface area (Å²) in [5, 5.41) is 0. The molecule has 0 fully saturated rings. The Morgan fingerprint density at radius 1 is 1.22 bits per heavy atom. The molecule has 0 N–H and O–H groups in total. The third-order valence-corrected chi connectivity index (χ3v) is 2.75. The molecule has 1 aliphatic rings. The maximum absolute atomic E-state index is 12.2. The molecule has 1 heterocycles. The molecule has 0 unspecified atom stereocenters. The molecule has 96 valence electrons.